The number of hydrogen-bond donors (Lipinski definition) is 3. The van der Waals surface area contributed by atoms with Crippen LogP contribution in [0.1, 0.15) is 43.8 Å². The molecule has 1 aliphatic heterocycles. The topological polar surface area (TPSA) is 142 Å². The van der Waals surface area contributed by atoms with Gasteiger partial charge < -0.3 is 20.9 Å². The van der Waals surface area contributed by atoms with Crippen LogP contribution in [0, 0.1) is 5.92 Å². The lowest BCUT2D eigenvalue weighted by Crippen LogP contribution is -2.65. The molecule has 41 heavy (non-hydrogen) atoms. The first-order valence-electron chi connectivity index (χ1n) is 13.5. The van der Waals surface area contributed by atoms with Crippen molar-refractivity contribution >= 4 is 54.9 Å². The Morgan fingerprint density at radius 1 is 1.05 bits per heavy atom. The summed E-state index contributed by atoms with van der Waals surface area (Å²) in [5.41, 5.74) is 5.14. The third-order valence-electron chi connectivity index (χ3n) is 7.10. The number of benzene rings is 2. The molecule has 1 fully saturated rings. The quantitative estimate of drug-likeness (QED) is 0.323. The van der Waals surface area contributed by atoms with Crippen LogP contribution in [-0.2, 0) is 19.6 Å². The number of fused-ring (bicyclic) bond motifs is 1. The van der Waals surface area contributed by atoms with E-state index in [1.165, 1.54) is 23.5 Å². The van der Waals surface area contributed by atoms with Crippen molar-refractivity contribution in [1.29, 1.82) is 0 Å². The number of carbonyl (C=O) groups is 3. The first kappa shape index (κ1) is 30.5. The molecule has 0 aliphatic carbocycles. The summed E-state index contributed by atoms with van der Waals surface area (Å²) in [6.07, 6.45) is 0.467. The predicted octanol–water partition coefficient (Wildman–Crippen LogP) is 3.06. The number of piperazine rings is 1. The highest BCUT2D eigenvalue weighted by molar-refractivity contribution is 7.89. The van der Waals surface area contributed by atoms with Gasteiger partial charge in [0.15, 0.2) is 0 Å². The standard InChI is InChI=1S/C29H37N5O5S2/c1-19(2)15-22(32-27(36)24-16-20-9-5-7-11-23(20)40-24)28(37)34-14-13-33(18-29(34,3)4)26(35)17-31-41(38,39)25-12-8-6-10-21(25)30/h5-12,16,19,22,31H,13-15,17-18,30H2,1-4H3,(H,32,36). The van der Waals surface area contributed by atoms with Crippen molar-refractivity contribution in [2.45, 2.75) is 50.6 Å². The monoisotopic (exact) mass is 599 g/mol. The largest absolute Gasteiger partial charge is 0.398 e. The number of amides is 3. The van der Waals surface area contributed by atoms with Gasteiger partial charge >= 0.3 is 0 Å². The molecule has 220 valence electrons. The predicted molar refractivity (Wildman–Crippen MR) is 161 cm³/mol. The number of para-hydroxylation sites is 1. The van der Waals surface area contributed by atoms with Gasteiger partial charge in [-0.1, -0.05) is 44.2 Å². The lowest BCUT2D eigenvalue weighted by Gasteiger charge is -2.48. The van der Waals surface area contributed by atoms with E-state index in [1.54, 1.807) is 21.9 Å². The number of thiophene rings is 1. The Morgan fingerprint density at radius 2 is 1.73 bits per heavy atom. The van der Waals surface area contributed by atoms with Crippen molar-refractivity contribution in [3.8, 4) is 0 Å². The van der Waals surface area contributed by atoms with E-state index in [0.29, 0.717) is 11.3 Å². The average Bonchev–Trinajstić information content (AvgIpc) is 3.35. The summed E-state index contributed by atoms with van der Waals surface area (Å²) in [6, 6.07) is 14.9. The summed E-state index contributed by atoms with van der Waals surface area (Å²) in [6.45, 7) is 7.99. The summed E-state index contributed by atoms with van der Waals surface area (Å²) in [4.78, 5) is 43.7. The fraction of sp³-hybridized carbons (Fsp3) is 0.414. The lowest BCUT2D eigenvalue weighted by molar-refractivity contribution is -0.148. The Bertz CT molecular complexity index is 1520. The highest BCUT2D eigenvalue weighted by Crippen LogP contribution is 2.27. The normalized spacial score (nSPS) is 16.1. The zero-order valence-electron chi connectivity index (χ0n) is 23.7. The molecule has 1 aromatic heterocycles. The van der Waals surface area contributed by atoms with Gasteiger partial charge in [0.25, 0.3) is 5.91 Å². The van der Waals surface area contributed by atoms with Crippen LogP contribution in [0.15, 0.2) is 59.5 Å². The van der Waals surface area contributed by atoms with Crippen molar-refractivity contribution in [2.75, 3.05) is 31.9 Å². The third kappa shape index (κ3) is 7.06. The van der Waals surface area contributed by atoms with Gasteiger partial charge in [0.05, 0.1) is 22.6 Å². The summed E-state index contributed by atoms with van der Waals surface area (Å²) in [7, 11) is -3.97. The minimum Gasteiger partial charge on any atom is -0.398 e. The second kappa shape index (κ2) is 12.2. The molecule has 4 rings (SSSR count). The molecule has 12 heteroatoms. The molecular weight excluding hydrogens is 562 g/mol. The molecule has 1 aliphatic rings. The molecule has 0 saturated carbocycles. The minimum absolute atomic E-state index is 0.0857. The van der Waals surface area contributed by atoms with E-state index in [1.807, 2.05) is 58.0 Å². The number of sulfonamides is 1. The second-order valence-electron chi connectivity index (χ2n) is 11.3. The fourth-order valence-corrected chi connectivity index (χ4v) is 7.12. The molecule has 1 atom stereocenters. The first-order valence-corrected chi connectivity index (χ1v) is 15.8. The van der Waals surface area contributed by atoms with Crippen molar-refractivity contribution in [3.05, 3.63) is 59.5 Å². The van der Waals surface area contributed by atoms with E-state index in [2.05, 4.69) is 10.0 Å². The van der Waals surface area contributed by atoms with Gasteiger partial charge in [0, 0.05) is 24.3 Å². The molecular formula is C29H37N5O5S2. The maximum Gasteiger partial charge on any atom is 0.262 e. The van der Waals surface area contributed by atoms with Crippen LogP contribution in [0.25, 0.3) is 10.1 Å². The van der Waals surface area contributed by atoms with Crippen LogP contribution in [0.4, 0.5) is 5.69 Å². The first-order chi connectivity index (χ1) is 19.3. The van der Waals surface area contributed by atoms with Gasteiger partial charge in [-0.15, -0.1) is 11.3 Å². The van der Waals surface area contributed by atoms with Crippen molar-refractivity contribution in [3.63, 3.8) is 0 Å². The number of nitrogen functional groups attached to an aromatic ring is 1. The van der Waals surface area contributed by atoms with Gasteiger partial charge in [-0.25, -0.2) is 13.1 Å². The summed E-state index contributed by atoms with van der Waals surface area (Å²) in [5.74, 6) is -0.738. The van der Waals surface area contributed by atoms with Crippen LogP contribution in [0.2, 0.25) is 0 Å². The molecule has 1 unspecified atom stereocenters. The number of rotatable bonds is 9. The third-order valence-corrected chi connectivity index (χ3v) is 9.69. The summed E-state index contributed by atoms with van der Waals surface area (Å²) in [5, 5.41) is 3.94. The number of carbonyl (C=O) groups excluding carboxylic acids is 3. The molecule has 1 saturated heterocycles. The van der Waals surface area contributed by atoms with Crippen molar-refractivity contribution in [2.24, 2.45) is 5.92 Å². The number of anilines is 1. The molecule has 0 bridgehead atoms. The van der Waals surface area contributed by atoms with Crippen LogP contribution in [0.5, 0.6) is 0 Å². The highest BCUT2D eigenvalue weighted by Gasteiger charge is 2.41. The molecule has 2 aromatic carbocycles. The fourth-order valence-electron chi connectivity index (χ4n) is 5.05. The van der Waals surface area contributed by atoms with E-state index in [0.717, 1.165) is 10.1 Å². The van der Waals surface area contributed by atoms with Crippen LogP contribution >= 0.6 is 11.3 Å². The van der Waals surface area contributed by atoms with Gasteiger partial charge in [-0.3, -0.25) is 14.4 Å². The molecule has 3 amide bonds. The van der Waals surface area contributed by atoms with E-state index < -0.39 is 34.1 Å². The Labute approximate surface area is 244 Å². The maximum atomic E-state index is 13.8. The Hall–Kier alpha value is -3.48. The molecule has 0 radical (unpaired) electrons. The van der Waals surface area contributed by atoms with Crippen molar-refractivity contribution < 1.29 is 22.8 Å². The second-order valence-corrected chi connectivity index (χ2v) is 14.1. The smallest absolute Gasteiger partial charge is 0.262 e. The van der Waals surface area contributed by atoms with Crippen LogP contribution < -0.4 is 15.8 Å². The van der Waals surface area contributed by atoms with E-state index >= 15 is 0 Å². The van der Waals surface area contributed by atoms with E-state index in [-0.39, 0.29) is 47.9 Å². The molecule has 3 aromatic rings. The van der Waals surface area contributed by atoms with Crippen LogP contribution in [-0.4, -0.2) is 73.7 Å². The maximum absolute atomic E-state index is 13.8. The summed E-state index contributed by atoms with van der Waals surface area (Å²) < 4.78 is 28.7. The molecule has 0 spiro atoms. The zero-order valence-corrected chi connectivity index (χ0v) is 25.3. The number of nitrogens with zero attached hydrogens (tertiary/aromatic N) is 2. The Kier molecular flexibility index (Phi) is 9.05. The van der Waals surface area contributed by atoms with Gasteiger partial charge in [-0.2, -0.15) is 0 Å². The minimum atomic E-state index is -3.97. The van der Waals surface area contributed by atoms with E-state index in [4.69, 9.17) is 5.73 Å². The Morgan fingerprint density at radius 3 is 2.39 bits per heavy atom. The lowest BCUT2D eigenvalue weighted by atomic mass is 9.95. The summed E-state index contributed by atoms with van der Waals surface area (Å²) >= 11 is 1.39. The zero-order chi connectivity index (χ0) is 29.9. The Balaban J connectivity index is 1.41. The van der Waals surface area contributed by atoms with Gasteiger partial charge in [-0.05, 0) is 55.8 Å². The van der Waals surface area contributed by atoms with Crippen LogP contribution in [0.3, 0.4) is 0 Å². The van der Waals surface area contributed by atoms with E-state index in [9.17, 15) is 22.8 Å². The SMILES string of the molecule is CC(C)CC(NC(=O)c1cc2ccccc2s1)C(=O)N1CCN(C(=O)CNS(=O)(=O)c2ccccc2N)CC1(C)C. The molecule has 4 N–H and O–H groups in total. The molecule has 10 nitrogen and oxygen atoms in total. The number of nitrogens with one attached hydrogen (secondary N) is 2. The van der Waals surface area contributed by atoms with Crippen molar-refractivity contribution in [1.82, 2.24) is 19.8 Å². The highest BCUT2D eigenvalue weighted by atomic mass is 32.2. The number of nitrogens with two attached hydrogens (primary N) is 1. The average molecular weight is 600 g/mol. The number of hydrogen-bond acceptors (Lipinski definition) is 7. The molecule has 2 heterocycles. The van der Waals surface area contributed by atoms with Gasteiger partial charge in [0.2, 0.25) is 21.8 Å². The van der Waals surface area contributed by atoms with Gasteiger partial charge in [0.1, 0.15) is 10.9 Å².